The number of ether oxygens (including phenoxy) is 1. The Hall–Kier alpha value is -1.76. The van der Waals surface area contributed by atoms with E-state index in [0.717, 1.165) is 18.9 Å². The fraction of sp³-hybridized carbons (Fsp3) is 0.688. The molecule has 1 amide bonds. The lowest BCUT2D eigenvalue weighted by atomic mass is 10.1. The van der Waals surface area contributed by atoms with Gasteiger partial charge in [0.15, 0.2) is 0 Å². The Labute approximate surface area is 147 Å². The van der Waals surface area contributed by atoms with E-state index < -0.39 is 11.7 Å². The Morgan fingerprint density at radius 2 is 1.92 bits per heavy atom. The van der Waals surface area contributed by atoms with Crippen molar-refractivity contribution in [2.75, 3.05) is 36.0 Å². The molecule has 2 aliphatic heterocycles. The number of alkyl carbamates (subject to hydrolysis) is 1. The van der Waals surface area contributed by atoms with E-state index in [1.807, 2.05) is 31.7 Å². The van der Waals surface area contributed by atoms with Crippen LogP contribution in [0.4, 0.5) is 16.6 Å². The average Bonchev–Trinajstić information content (AvgIpc) is 2.93. The largest absolute Gasteiger partial charge is 0.444 e. The summed E-state index contributed by atoms with van der Waals surface area (Å²) < 4.78 is 5.26. The smallest absolute Gasteiger partial charge is 0.407 e. The average molecular weight is 354 g/mol. The predicted octanol–water partition coefficient (Wildman–Crippen LogP) is 2.44. The van der Waals surface area contributed by atoms with Crippen LogP contribution >= 0.6 is 11.6 Å². The molecule has 1 aromatic rings. The van der Waals surface area contributed by atoms with E-state index in [-0.39, 0.29) is 6.04 Å². The van der Waals surface area contributed by atoms with Gasteiger partial charge in [-0.25, -0.2) is 9.78 Å². The van der Waals surface area contributed by atoms with Crippen molar-refractivity contribution in [2.45, 2.75) is 45.3 Å². The third-order valence-electron chi connectivity index (χ3n) is 3.98. The molecular weight excluding hydrogens is 330 g/mol. The SMILES string of the molecule is CC(C)(C)OC(=O)NC1CN(c2nc(Cl)cc(N3CCCC3)n2)C1. The summed E-state index contributed by atoms with van der Waals surface area (Å²) in [7, 11) is 0. The van der Waals surface area contributed by atoms with Gasteiger partial charge in [-0.3, -0.25) is 0 Å². The Morgan fingerprint density at radius 3 is 2.54 bits per heavy atom. The van der Waals surface area contributed by atoms with E-state index in [0.29, 0.717) is 24.2 Å². The summed E-state index contributed by atoms with van der Waals surface area (Å²) in [6, 6.07) is 1.85. The van der Waals surface area contributed by atoms with Crippen LogP contribution in [0.25, 0.3) is 0 Å². The number of amides is 1. The number of nitrogens with zero attached hydrogens (tertiary/aromatic N) is 4. The molecule has 0 aromatic carbocycles. The van der Waals surface area contributed by atoms with Crippen LogP contribution in [0.15, 0.2) is 6.07 Å². The van der Waals surface area contributed by atoms with Gasteiger partial charge in [-0.05, 0) is 33.6 Å². The minimum absolute atomic E-state index is 0.0395. The fourth-order valence-electron chi connectivity index (χ4n) is 2.85. The Balaban J connectivity index is 1.56. The number of hydrogen-bond acceptors (Lipinski definition) is 6. The van der Waals surface area contributed by atoms with Crippen molar-refractivity contribution in [2.24, 2.45) is 0 Å². The highest BCUT2D eigenvalue weighted by atomic mass is 35.5. The number of anilines is 2. The first-order valence-electron chi connectivity index (χ1n) is 8.34. The molecule has 1 N–H and O–H groups in total. The number of halogens is 1. The van der Waals surface area contributed by atoms with E-state index >= 15 is 0 Å². The maximum Gasteiger partial charge on any atom is 0.407 e. The number of aromatic nitrogens is 2. The topological polar surface area (TPSA) is 70.6 Å². The van der Waals surface area contributed by atoms with Crippen molar-refractivity contribution in [3.63, 3.8) is 0 Å². The summed E-state index contributed by atoms with van der Waals surface area (Å²) in [5.41, 5.74) is -0.492. The molecule has 3 rings (SSSR count). The summed E-state index contributed by atoms with van der Waals surface area (Å²) in [5.74, 6) is 1.50. The summed E-state index contributed by atoms with van der Waals surface area (Å²) in [6.07, 6.45) is 1.97. The third-order valence-corrected chi connectivity index (χ3v) is 4.18. The van der Waals surface area contributed by atoms with E-state index in [4.69, 9.17) is 16.3 Å². The molecule has 3 heterocycles. The summed E-state index contributed by atoms with van der Waals surface area (Å²) >= 11 is 6.15. The third kappa shape index (κ3) is 4.20. The Morgan fingerprint density at radius 1 is 1.25 bits per heavy atom. The normalized spacial score (nSPS) is 18.5. The molecular formula is C16H24ClN5O2. The van der Waals surface area contributed by atoms with Crippen molar-refractivity contribution in [1.29, 1.82) is 0 Å². The van der Waals surface area contributed by atoms with Crippen LogP contribution in [0, 0.1) is 0 Å². The van der Waals surface area contributed by atoms with Gasteiger partial charge in [0, 0.05) is 32.2 Å². The van der Waals surface area contributed by atoms with Gasteiger partial charge in [0.05, 0.1) is 6.04 Å². The molecule has 1 aromatic heterocycles. The molecule has 132 valence electrons. The van der Waals surface area contributed by atoms with Crippen LogP contribution in [-0.2, 0) is 4.74 Å². The van der Waals surface area contributed by atoms with Crippen LogP contribution in [-0.4, -0.2) is 53.9 Å². The van der Waals surface area contributed by atoms with E-state index in [1.54, 1.807) is 0 Å². The highest BCUT2D eigenvalue weighted by Gasteiger charge is 2.32. The molecule has 0 atom stereocenters. The van der Waals surface area contributed by atoms with Crippen molar-refractivity contribution in [3.05, 3.63) is 11.2 Å². The predicted molar refractivity (Wildman–Crippen MR) is 93.9 cm³/mol. The molecule has 2 saturated heterocycles. The molecule has 0 spiro atoms. The molecule has 0 saturated carbocycles. The van der Waals surface area contributed by atoms with Crippen LogP contribution < -0.4 is 15.1 Å². The second-order valence-corrected chi connectivity index (χ2v) is 7.68. The van der Waals surface area contributed by atoms with Gasteiger partial charge < -0.3 is 19.9 Å². The maximum absolute atomic E-state index is 11.8. The molecule has 0 aliphatic carbocycles. The summed E-state index contributed by atoms with van der Waals surface area (Å²) in [6.45, 7) is 8.86. The van der Waals surface area contributed by atoms with Gasteiger partial charge in [-0.15, -0.1) is 0 Å². The minimum Gasteiger partial charge on any atom is -0.444 e. The van der Waals surface area contributed by atoms with E-state index in [1.165, 1.54) is 12.8 Å². The molecule has 7 nitrogen and oxygen atoms in total. The highest BCUT2D eigenvalue weighted by molar-refractivity contribution is 6.29. The van der Waals surface area contributed by atoms with Gasteiger partial charge in [-0.1, -0.05) is 11.6 Å². The number of carbonyl (C=O) groups is 1. The number of carbonyl (C=O) groups excluding carboxylic acids is 1. The minimum atomic E-state index is -0.492. The first-order valence-corrected chi connectivity index (χ1v) is 8.72. The quantitative estimate of drug-likeness (QED) is 0.842. The molecule has 8 heteroatoms. The molecule has 2 aliphatic rings. The summed E-state index contributed by atoms with van der Waals surface area (Å²) in [4.78, 5) is 24.9. The highest BCUT2D eigenvalue weighted by Crippen LogP contribution is 2.25. The van der Waals surface area contributed by atoms with Crippen LogP contribution in [0.2, 0.25) is 5.15 Å². The van der Waals surface area contributed by atoms with Gasteiger partial charge in [0.2, 0.25) is 5.95 Å². The van der Waals surface area contributed by atoms with Crippen molar-refractivity contribution in [1.82, 2.24) is 15.3 Å². The zero-order valence-electron chi connectivity index (χ0n) is 14.4. The molecule has 2 fully saturated rings. The summed E-state index contributed by atoms with van der Waals surface area (Å²) in [5, 5.41) is 3.30. The molecule has 0 bridgehead atoms. The van der Waals surface area contributed by atoms with Crippen molar-refractivity contribution >= 4 is 29.5 Å². The monoisotopic (exact) mass is 353 g/mol. The lowest BCUT2D eigenvalue weighted by Crippen LogP contribution is -2.60. The molecule has 0 unspecified atom stereocenters. The second-order valence-electron chi connectivity index (χ2n) is 7.29. The van der Waals surface area contributed by atoms with Gasteiger partial charge >= 0.3 is 6.09 Å². The van der Waals surface area contributed by atoms with Gasteiger partial charge in [-0.2, -0.15) is 4.98 Å². The lowest BCUT2D eigenvalue weighted by molar-refractivity contribution is 0.0495. The zero-order valence-corrected chi connectivity index (χ0v) is 15.1. The maximum atomic E-state index is 11.8. The number of rotatable bonds is 3. The first-order chi connectivity index (χ1) is 11.3. The van der Waals surface area contributed by atoms with Crippen molar-refractivity contribution in [3.8, 4) is 0 Å². The molecule has 24 heavy (non-hydrogen) atoms. The molecule has 0 radical (unpaired) electrons. The van der Waals surface area contributed by atoms with E-state index in [9.17, 15) is 4.79 Å². The standard InChI is InChI=1S/C16H24ClN5O2/c1-16(2,3)24-15(23)18-11-9-22(10-11)14-19-12(17)8-13(20-14)21-6-4-5-7-21/h8,11H,4-7,9-10H2,1-3H3,(H,18,23). The number of nitrogens with one attached hydrogen (secondary N) is 1. The first kappa shape index (κ1) is 17.1. The van der Waals surface area contributed by atoms with Crippen LogP contribution in [0.1, 0.15) is 33.6 Å². The van der Waals surface area contributed by atoms with Gasteiger partial charge in [0.25, 0.3) is 0 Å². The fourth-order valence-corrected chi connectivity index (χ4v) is 3.02. The Bertz CT molecular complexity index is 607. The second kappa shape index (κ2) is 6.63. The van der Waals surface area contributed by atoms with Crippen molar-refractivity contribution < 1.29 is 9.53 Å². The van der Waals surface area contributed by atoms with E-state index in [2.05, 4.69) is 20.2 Å². The van der Waals surface area contributed by atoms with Crippen LogP contribution in [0.5, 0.6) is 0 Å². The zero-order chi connectivity index (χ0) is 17.3. The lowest BCUT2D eigenvalue weighted by Gasteiger charge is -2.39. The Kier molecular flexibility index (Phi) is 4.71. The number of hydrogen-bond donors (Lipinski definition) is 1. The van der Waals surface area contributed by atoms with Gasteiger partial charge in [0.1, 0.15) is 16.6 Å². The van der Waals surface area contributed by atoms with Crippen LogP contribution in [0.3, 0.4) is 0 Å².